The minimum atomic E-state index is -0.617. The molecule has 1 heterocycles. The summed E-state index contributed by atoms with van der Waals surface area (Å²) in [5, 5.41) is 6.55. The van der Waals surface area contributed by atoms with E-state index in [4.69, 9.17) is 4.74 Å². The zero-order valence-corrected chi connectivity index (χ0v) is 12.6. The third-order valence-corrected chi connectivity index (χ3v) is 2.88. The zero-order chi connectivity index (χ0) is 16.8. The van der Waals surface area contributed by atoms with E-state index in [9.17, 15) is 14.0 Å². The fraction of sp³-hybridized carbons (Fsp3) is 0.188. The summed E-state index contributed by atoms with van der Waals surface area (Å²) in [6.45, 7) is 5.76. The van der Waals surface area contributed by atoms with Crippen LogP contribution in [0.4, 0.5) is 4.39 Å². The molecule has 1 amide bonds. The molecule has 0 aliphatic heterocycles. The van der Waals surface area contributed by atoms with Gasteiger partial charge in [-0.3, -0.25) is 9.59 Å². The minimum absolute atomic E-state index is 0.171. The Morgan fingerprint density at radius 3 is 2.74 bits per heavy atom. The van der Waals surface area contributed by atoms with Crippen molar-refractivity contribution < 1.29 is 13.9 Å². The van der Waals surface area contributed by atoms with Crippen molar-refractivity contribution in [3.8, 4) is 11.6 Å². The molecule has 0 saturated heterocycles. The predicted molar refractivity (Wildman–Crippen MR) is 83.5 cm³/mol. The van der Waals surface area contributed by atoms with Gasteiger partial charge in [-0.15, -0.1) is 6.58 Å². The molecule has 1 N–H and O–H groups in total. The molecule has 0 atom stereocenters. The van der Waals surface area contributed by atoms with Gasteiger partial charge in [0, 0.05) is 6.54 Å². The van der Waals surface area contributed by atoms with Crippen molar-refractivity contribution in [3.63, 3.8) is 0 Å². The molecule has 0 aliphatic carbocycles. The monoisotopic (exact) mass is 317 g/mol. The summed E-state index contributed by atoms with van der Waals surface area (Å²) in [4.78, 5) is 24.1. The smallest absolute Gasteiger partial charge is 0.276 e. The van der Waals surface area contributed by atoms with Crippen LogP contribution in [-0.2, 0) is 0 Å². The number of amides is 1. The molecular formula is C16H16FN3O3. The van der Waals surface area contributed by atoms with E-state index >= 15 is 0 Å². The molecule has 7 heteroatoms. The third-order valence-electron chi connectivity index (χ3n) is 2.88. The van der Waals surface area contributed by atoms with Crippen LogP contribution in [0.2, 0.25) is 0 Å². The SMILES string of the molecule is C=CCNC(=O)c1nn(-c2ccc(F)cc2)c(OCC)cc1=O. The van der Waals surface area contributed by atoms with Gasteiger partial charge in [0.1, 0.15) is 5.82 Å². The number of rotatable bonds is 6. The van der Waals surface area contributed by atoms with E-state index < -0.39 is 17.2 Å². The van der Waals surface area contributed by atoms with Gasteiger partial charge in [-0.25, -0.2) is 9.07 Å². The molecule has 23 heavy (non-hydrogen) atoms. The first-order valence-electron chi connectivity index (χ1n) is 6.99. The lowest BCUT2D eigenvalue weighted by Gasteiger charge is -2.13. The molecule has 1 aromatic heterocycles. The second-order valence-corrected chi connectivity index (χ2v) is 4.52. The highest BCUT2D eigenvalue weighted by Crippen LogP contribution is 2.16. The molecule has 0 unspecified atom stereocenters. The van der Waals surface area contributed by atoms with Crippen molar-refractivity contribution in [2.45, 2.75) is 6.92 Å². The maximum atomic E-state index is 13.1. The molecule has 120 valence electrons. The van der Waals surface area contributed by atoms with Gasteiger partial charge in [0.15, 0.2) is 5.69 Å². The summed E-state index contributed by atoms with van der Waals surface area (Å²) in [5.41, 5.74) is -0.374. The average molecular weight is 317 g/mol. The number of hydrogen-bond acceptors (Lipinski definition) is 4. The van der Waals surface area contributed by atoms with Gasteiger partial charge in [0.25, 0.3) is 5.91 Å². The average Bonchev–Trinajstić information content (AvgIpc) is 2.54. The van der Waals surface area contributed by atoms with E-state index in [1.165, 1.54) is 41.1 Å². The molecule has 2 aromatic rings. The largest absolute Gasteiger partial charge is 0.478 e. The lowest BCUT2D eigenvalue weighted by Crippen LogP contribution is -2.31. The number of hydrogen-bond donors (Lipinski definition) is 1. The normalized spacial score (nSPS) is 10.2. The van der Waals surface area contributed by atoms with Crippen LogP contribution in [-0.4, -0.2) is 28.8 Å². The lowest BCUT2D eigenvalue weighted by molar-refractivity contribution is 0.0949. The molecular weight excluding hydrogens is 301 g/mol. The fourth-order valence-electron chi connectivity index (χ4n) is 1.86. The Balaban J connectivity index is 2.53. The van der Waals surface area contributed by atoms with Crippen LogP contribution in [0.5, 0.6) is 5.88 Å². The minimum Gasteiger partial charge on any atom is -0.478 e. The molecule has 2 rings (SSSR count). The summed E-state index contributed by atoms with van der Waals surface area (Å²) in [5.74, 6) is -0.852. The van der Waals surface area contributed by atoms with E-state index in [0.717, 1.165) is 0 Å². The van der Waals surface area contributed by atoms with Crippen molar-refractivity contribution in [3.05, 3.63) is 64.7 Å². The van der Waals surface area contributed by atoms with Crippen LogP contribution in [0.3, 0.4) is 0 Å². The van der Waals surface area contributed by atoms with E-state index in [-0.39, 0.29) is 18.1 Å². The van der Waals surface area contributed by atoms with Crippen LogP contribution in [0.1, 0.15) is 17.4 Å². The third kappa shape index (κ3) is 3.82. The summed E-state index contributed by atoms with van der Waals surface area (Å²) in [6.07, 6.45) is 1.49. The Kier molecular flexibility index (Phi) is 5.24. The second kappa shape index (κ2) is 7.35. The molecule has 1 aromatic carbocycles. The molecule has 6 nitrogen and oxygen atoms in total. The molecule has 0 radical (unpaired) electrons. The van der Waals surface area contributed by atoms with E-state index in [1.54, 1.807) is 6.92 Å². The molecule has 0 fully saturated rings. The van der Waals surface area contributed by atoms with Crippen molar-refractivity contribution in [2.24, 2.45) is 0 Å². The van der Waals surface area contributed by atoms with Crippen LogP contribution in [0.15, 0.2) is 47.8 Å². The van der Waals surface area contributed by atoms with Crippen molar-refractivity contribution in [1.29, 1.82) is 0 Å². The number of benzene rings is 1. The van der Waals surface area contributed by atoms with Gasteiger partial charge in [-0.05, 0) is 31.2 Å². The Bertz CT molecular complexity index is 769. The number of ether oxygens (including phenoxy) is 1. The quantitative estimate of drug-likeness (QED) is 0.823. The molecule has 0 saturated carbocycles. The maximum absolute atomic E-state index is 13.1. The van der Waals surface area contributed by atoms with Gasteiger partial charge >= 0.3 is 0 Å². The number of nitrogens with one attached hydrogen (secondary N) is 1. The highest BCUT2D eigenvalue weighted by atomic mass is 19.1. The number of aromatic nitrogens is 2. The maximum Gasteiger partial charge on any atom is 0.276 e. The van der Waals surface area contributed by atoms with Crippen molar-refractivity contribution in [2.75, 3.05) is 13.2 Å². The number of halogens is 1. The number of carbonyl (C=O) groups is 1. The Labute approximate surface area is 132 Å². The summed E-state index contributed by atoms with van der Waals surface area (Å²) >= 11 is 0. The van der Waals surface area contributed by atoms with Crippen molar-refractivity contribution >= 4 is 5.91 Å². The first-order valence-corrected chi connectivity index (χ1v) is 6.99. The van der Waals surface area contributed by atoms with E-state index in [1.807, 2.05) is 0 Å². The number of nitrogens with zero attached hydrogens (tertiary/aromatic N) is 2. The first kappa shape index (κ1) is 16.4. The van der Waals surface area contributed by atoms with Crippen LogP contribution in [0, 0.1) is 5.82 Å². The molecule has 0 spiro atoms. The standard InChI is InChI=1S/C16H16FN3O3/c1-3-9-18-16(22)15-13(21)10-14(23-4-2)20(19-15)12-7-5-11(17)6-8-12/h3,5-8,10H,1,4,9H2,2H3,(H,18,22). The van der Waals surface area contributed by atoms with Gasteiger partial charge in [-0.1, -0.05) is 6.08 Å². The molecule has 0 bridgehead atoms. The highest BCUT2D eigenvalue weighted by molar-refractivity contribution is 5.92. The summed E-state index contributed by atoms with van der Waals surface area (Å²) in [7, 11) is 0. The molecule has 0 aliphatic rings. The van der Waals surface area contributed by atoms with Crippen molar-refractivity contribution in [1.82, 2.24) is 15.1 Å². The van der Waals surface area contributed by atoms with Gasteiger partial charge in [-0.2, -0.15) is 5.10 Å². The first-order chi connectivity index (χ1) is 11.1. The predicted octanol–water partition coefficient (Wildman–Crippen LogP) is 1.69. The zero-order valence-electron chi connectivity index (χ0n) is 12.6. The Morgan fingerprint density at radius 2 is 2.13 bits per heavy atom. The van der Waals surface area contributed by atoms with Crippen LogP contribution >= 0.6 is 0 Å². The summed E-state index contributed by atoms with van der Waals surface area (Å²) < 4.78 is 19.7. The summed E-state index contributed by atoms with van der Waals surface area (Å²) in [6, 6.07) is 6.63. The second-order valence-electron chi connectivity index (χ2n) is 4.52. The van der Waals surface area contributed by atoms with Gasteiger partial charge < -0.3 is 10.1 Å². The fourth-order valence-corrected chi connectivity index (χ4v) is 1.86. The Morgan fingerprint density at radius 1 is 1.43 bits per heavy atom. The van der Waals surface area contributed by atoms with E-state index in [0.29, 0.717) is 12.3 Å². The number of carbonyl (C=O) groups excluding carboxylic acids is 1. The lowest BCUT2D eigenvalue weighted by atomic mass is 10.3. The van der Waals surface area contributed by atoms with E-state index in [2.05, 4.69) is 17.0 Å². The Hall–Kier alpha value is -2.96. The van der Waals surface area contributed by atoms with Crippen LogP contribution in [0.25, 0.3) is 5.69 Å². The van der Waals surface area contributed by atoms with Gasteiger partial charge in [0.2, 0.25) is 11.3 Å². The van der Waals surface area contributed by atoms with Crippen LogP contribution < -0.4 is 15.5 Å². The highest BCUT2D eigenvalue weighted by Gasteiger charge is 2.16. The van der Waals surface area contributed by atoms with Gasteiger partial charge in [0.05, 0.1) is 18.4 Å². The topological polar surface area (TPSA) is 73.2 Å².